The number of aliphatic carboxylic acids is 1. The van der Waals surface area contributed by atoms with Crippen molar-refractivity contribution in [2.24, 2.45) is 0 Å². The molecule has 0 atom stereocenters. The number of halogens is 4. The van der Waals surface area contributed by atoms with Crippen LogP contribution >= 0.6 is 45.9 Å². The number of hydrogen-bond acceptors (Lipinski definition) is 19. The normalized spacial score (nSPS) is 11.2. The van der Waals surface area contributed by atoms with E-state index in [9.17, 15) is 37.5 Å². The van der Waals surface area contributed by atoms with Gasteiger partial charge in [0.05, 0.1) is 70.9 Å². The van der Waals surface area contributed by atoms with Crippen molar-refractivity contribution < 1.29 is 61.6 Å². The first-order chi connectivity index (χ1) is 45.2. The number of amides is 3. The molecule has 3 amide bonds. The molecule has 4 heterocycles. The molecule has 0 aliphatic rings. The van der Waals surface area contributed by atoms with Crippen LogP contribution in [0.1, 0.15) is 92.2 Å². The van der Waals surface area contributed by atoms with E-state index in [0.29, 0.717) is 78.4 Å². The molecule has 0 fully saturated rings. The SMILES string of the molecule is CCCCOC(=O)N(c1nnc(-c2cccc(N)c2)s1)c1ccc2c(cnn2C(=O)OC(C)(C)C)c1Cl.CCCCOC(=O)N(c1nnc(-c2cccc(NC(=O)Cc3ccc(F)cc3)c2)s1)c1ccc2c(cnn2C(=O)OC(C)(C)C)c1Cl.O=C(O)Cc1ccc(F)cc1. The lowest BCUT2D eigenvalue weighted by Crippen LogP contribution is -2.28. The summed E-state index contributed by atoms with van der Waals surface area (Å²) >= 11 is 15.9. The number of carbonyl (C=O) groups is 6. The third-order valence-electron chi connectivity index (χ3n) is 13.0. The largest absolute Gasteiger partial charge is 0.481 e. The number of unbranched alkanes of at least 4 members (excludes halogenated alkanes) is 2. The van der Waals surface area contributed by atoms with E-state index >= 15 is 0 Å². The Bertz CT molecular complexity index is 4380. The molecule has 0 radical (unpaired) electrons. The molecule has 0 unspecified atom stereocenters. The Balaban J connectivity index is 0.000000213. The van der Waals surface area contributed by atoms with Gasteiger partial charge in [0.2, 0.25) is 16.2 Å². The minimum absolute atomic E-state index is 0.0553. The first-order valence-electron chi connectivity index (χ1n) is 29.6. The van der Waals surface area contributed by atoms with Gasteiger partial charge in [-0.2, -0.15) is 19.6 Å². The highest BCUT2D eigenvalue weighted by Crippen LogP contribution is 2.43. The molecule has 6 aromatic carbocycles. The van der Waals surface area contributed by atoms with Crippen molar-refractivity contribution in [3.05, 3.63) is 167 Å². The molecule has 496 valence electrons. The molecule has 10 aromatic rings. The molecule has 0 bridgehead atoms. The van der Waals surface area contributed by atoms with E-state index in [0.717, 1.165) is 39.1 Å². The molecule has 10 rings (SSSR count). The van der Waals surface area contributed by atoms with Crippen LogP contribution < -0.4 is 20.9 Å². The molecule has 95 heavy (non-hydrogen) atoms. The number of nitrogen functional groups attached to an aromatic ring is 1. The van der Waals surface area contributed by atoms with Crippen LogP contribution in [0, 0.1) is 11.6 Å². The zero-order chi connectivity index (χ0) is 68.7. The number of benzene rings is 6. The van der Waals surface area contributed by atoms with E-state index in [4.69, 9.17) is 53.0 Å². The molecule has 0 spiro atoms. The summed E-state index contributed by atoms with van der Waals surface area (Å²) in [5.41, 5.74) is 9.69. The second-order valence-corrected chi connectivity index (χ2v) is 25.5. The number of aromatic nitrogens is 8. The number of ether oxygens (including phenoxy) is 4. The average molecular weight is 1380 g/mol. The molecular formula is C66H66Cl2F2N12O11S2. The second kappa shape index (κ2) is 31.8. The topological polar surface area (TPSA) is 291 Å². The highest BCUT2D eigenvalue weighted by Gasteiger charge is 2.31. The Morgan fingerprint density at radius 3 is 1.44 bits per heavy atom. The van der Waals surface area contributed by atoms with Crippen LogP contribution in [0.25, 0.3) is 42.9 Å². The highest BCUT2D eigenvalue weighted by molar-refractivity contribution is 7.19. The first-order valence-corrected chi connectivity index (χ1v) is 32.0. The molecule has 29 heteroatoms. The fourth-order valence-corrected chi connectivity index (χ4v) is 10.9. The number of carboxylic acids is 1. The van der Waals surface area contributed by atoms with E-state index in [1.165, 1.54) is 69.9 Å². The fraction of sp³-hybridized carbons (Fsp3) is 0.273. The van der Waals surface area contributed by atoms with Crippen LogP contribution in [-0.4, -0.2) is 106 Å². The maximum atomic E-state index is 13.5. The summed E-state index contributed by atoms with van der Waals surface area (Å²) in [6, 6.07) is 31.8. The van der Waals surface area contributed by atoms with E-state index in [-0.39, 0.29) is 69.6 Å². The van der Waals surface area contributed by atoms with Gasteiger partial charge >= 0.3 is 30.3 Å². The molecular weight excluding hydrogens is 1310 g/mol. The zero-order valence-corrected chi connectivity index (χ0v) is 55.9. The summed E-state index contributed by atoms with van der Waals surface area (Å²) in [4.78, 5) is 77.4. The van der Waals surface area contributed by atoms with Crippen molar-refractivity contribution in [3.8, 4) is 21.1 Å². The van der Waals surface area contributed by atoms with Gasteiger partial charge < -0.3 is 35.1 Å². The third-order valence-corrected chi connectivity index (χ3v) is 15.8. The van der Waals surface area contributed by atoms with Gasteiger partial charge in [-0.15, -0.1) is 20.4 Å². The molecule has 0 aliphatic carbocycles. The molecule has 0 aliphatic heterocycles. The van der Waals surface area contributed by atoms with E-state index in [1.54, 1.807) is 114 Å². The number of carboxylic acid groups (broad SMARTS) is 1. The summed E-state index contributed by atoms with van der Waals surface area (Å²) in [6.07, 6.45) is 3.28. The van der Waals surface area contributed by atoms with Gasteiger partial charge in [-0.05, 0) is 138 Å². The Morgan fingerprint density at radius 2 is 1.02 bits per heavy atom. The van der Waals surface area contributed by atoms with Crippen molar-refractivity contribution in [2.75, 3.05) is 34.1 Å². The van der Waals surface area contributed by atoms with E-state index in [1.807, 2.05) is 26.0 Å². The standard InChI is InChI=1S/C33H32ClFN6O5S.C25H27ClN6O4S.C8H7FO2/c1-5-6-16-45-31(43)40(26-15-14-25-24(28(26)34)19-36-41(25)32(44)46-33(2,3)4)30-39-38-29(47-30)21-8-7-9-23(18-21)37-27(42)17-20-10-12-22(35)13-11-20;1-5-6-12-35-23(33)31(22-30-29-21(37-22)15-8-7-9-16(27)13-15)19-11-10-18-17(20(19)26)14-28-32(18)24(34)36-25(2,3)4;9-7-3-1-6(2-4-7)5-8(10)11/h7-15,18-19H,5-6,16-17H2,1-4H3,(H,37,42);7-11,13-14H,5-6,12,27H2,1-4H3;1-4H,5H2,(H,10,11). The number of rotatable bonds is 17. The summed E-state index contributed by atoms with van der Waals surface area (Å²) in [5.74, 6) is -1.90. The van der Waals surface area contributed by atoms with Gasteiger partial charge in [0, 0.05) is 33.3 Å². The maximum Gasteiger partial charge on any atom is 0.435 e. The molecule has 4 aromatic heterocycles. The highest BCUT2D eigenvalue weighted by atomic mass is 35.5. The van der Waals surface area contributed by atoms with Crippen LogP contribution in [0.5, 0.6) is 0 Å². The van der Waals surface area contributed by atoms with Crippen LogP contribution in [-0.2, 0) is 41.4 Å². The monoisotopic (exact) mass is 1370 g/mol. The molecule has 4 N–H and O–H groups in total. The Morgan fingerprint density at radius 1 is 0.589 bits per heavy atom. The van der Waals surface area contributed by atoms with Gasteiger partial charge in [0.15, 0.2) is 0 Å². The zero-order valence-electron chi connectivity index (χ0n) is 52.8. The predicted molar refractivity (Wildman–Crippen MR) is 361 cm³/mol. The summed E-state index contributed by atoms with van der Waals surface area (Å²) in [7, 11) is 0. The van der Waals surface area contributed by atoms with E-state index in [2.05, 4.69) is 35.9 Å². The van der Waals surface area contributed by atoms with Crippen molar-refractivity contribution in [1.29, 1.82) is 0 Å². The molecule has 0 saturated heterocycles. The predicted octanol–water partition coefficient (Wildman–Crippen LogP) is 16.5. The Hall–Kier alpha value is -9.96. The minimum Gasteiger partial charge on any atom is -0.481 e. The lowest BCUT2D eigenvalue weighted by molar-refractivity contribution is -0.136. The third kappa shape index (κ3) is 19.1. The average Bonchev–Trinajstić information content (AvgIpc) is 1.58. The first kappa shape index (κ1) is 70.9. The number of nitrogens with two attached hydrogens (primary N) is 1. The van der Waals surface area contributed by atoms with Crippen LogP contribution in [0.3, 0.4) is 0 Å². The van der Waals surface area contributed by atoms with Crippen LogP contribution in [0.4, 0.5) is 61.0 Å². The number of fused-ring (bicyclic) bond motifs is 2. The minimum atomic E-state index is -0.906. The number of anilines is 6. The number of nitrogens with one attached hydrogen (secondary N) is 1. The second-order valence-electron chi connectivity index (χ2n) is 22.9. The van der Waals surface area contributed by atoms with Gasteiger partial charge in [-0.3, -0.25) is 9.59 Å². The smallest absolute Gasteiger partial charge is 0.435 e. The quantitative estimate of drug-likeness (QED) is 0.0433. The number of hydrogen-bond donors (Lipinski definition) is 3. The van der Waals surface area contributed by atoms with Gasteiger partial charge in [0.25, 0.3) is 0 Å². The van der Waals surface area contributed by atoms with Crippen molar-refractivity contribution in [2.45, 2.75) is 105 Å². The number of carbonyl (C=O) groups excluding carboxylic acids is 5. The summed E-state index contributed by atoms with van der Waals surface area (Å²) in [5, 5.41) is 39.3. The van der Waals surface area contributed by atoms with Crippen molar-refractivity contribution in [1.82, 2.24) is 40.0 Å². The number of nitrogens with zero attached hydrogens (tertiary/aromatic N) is 10. The summed E-state index contributed by atoms with van der Waals surface area (Å²) in [6.45, 7) is 15.0. The molecule has 23 nitrogen and oxygen atoms in total. The Kier molecular flexibility index (Phi) is 23.7. The van der Waals surface area contributed by atoms with Gasteiger partial charge in [-0.25, -0.2) is 37.8 Å². The van der Waals surface area contributed by atoms with E-state index < -0.39 is 41.5 Å². The van der Waals surface area contributed by atoms with Gasteiger partial charge in [-0.1, -0.05) is 121 Å². The van der Waals surface area contributed by atoms with Crippen LogP contribution in [0.2, 0.25) is 10.0 Å². The van der Waals surface area contributed by atoms with Crippen molar-refractivity contribution >= 4 is 137 Å². The molecule has 0 saturated carbocycles. The summed E-state index contributed by atoms with van der Waals surface area (Å²) < 4.78 is 49.7. The maximum absolute atomic E-state index is 13.5. The Labute approximate surface area is 562 Å². The lowest BCUT2D eigenvalue weighted by Gasteiger charge is -2.21. The van der Waals surface area contributed by atoms with Crippen LogP contribution in [0.15, 0.2) is 134 Å². The fourth-order valence-electron chi connectivity index (χ4n) is 8.67. The van der Waals surface area contributed by atoms with Crippen molar-refractivity contribution in [3.63, 3.8) is 0 Å². The lowest BCUT2D eigenvalue weighted by atomic mass is 10.1. The van der Waals surface area contributed by atoms with Gasteiger partial charge in [0.1, 0.15) is 32.9 Å².